The molecule has 2 nitrogen and oxygen atoms in total. The first-order valence-corrected chi connectivity index (χ1v) is 5.50. The third-order valence-corrected chi connectivity index (χ3v) is 3.53. The first kappa shape index (κ1) is 10.3. The predicted molar refractivity (Wildman–Crippen MR) is 63.9 cm³/mol. The summed E-state index contributed by atoms with van der Waals surface area (Å²) in [6, 6.07) is 5.29. The smallest absolute Gasteiger partial charge is 0.423 e. The van der Waals surface area contributed by atoms with Crippen molar-refractivity contribution in [3.8, 4) is 0 Å². The van der Waals surface area contributed by atoms with Crippen LogP contribution in [-0.4, -0.2) is 17.2 Å². The van der Waals surface area contributed by atoms with Gasteiger partial charge >= 0.3 is 7.12 Å². The fourth-order valence-electron chi connectivity index (χ4n) is 1.27. The molecule has 1 aromatic carbocycles. The second kappa shape index (κ2) is 3.75. The van der Waals surface area contributed by atoms with E-state index < -0.39 is 7.12 Å². The van der Waals surface area contributed by atoms with Gasteiger partial charge in [-0.15, -0.1) is 24.0 Å². The molecule has 0 saturated heterocycles. The third-order valence-electron chi connectivity index (χ3n) is 1.91. The van der Waals surface area contributed by atoms with Crippen LogP contribution in [0.3, 0.4) is 0 Å². The monoisotopic (exact) mass is 244 g/mol. The minimum atomic E-state index is -1.49. The van der Waals surface area contributed by atoms with Gasteiger partial charge in [0, 0.05) is 9.60 Å². The van der Waals surface area contributed by atoms with Gasteiger partial charge in [0.05, 0.1) is 4.34 Å². The minimum absolute atomic E-state index is 0.402. The number of hydrogen-bond acceptors (Lipinski definition) is 4. The molecule has 0 spiro atoms. The molecule has 2 aromatic rings. The molecule has 0 unspecified atom stereocenters. The van der Waals surface area contributed by atoms with Crippen LogP contribution in [0, 0.1) is 0 Å². The van der Waals surface area contributed by atoms with Crippen LogP contribution < -0.4 is 5.46 Å². The molecule has 0 bridgehead atoms. The normalized spacial score (nSPS) is 10.9. The van der Waals surface area contributed by atoms with Gasteiger partial charge in [-0.3, -0.25) is 0 Å². The van der Waals surface area contributed by atoms with Gasteiger partial charge < -0.3 is 10.0 Å². The van der Waals surface area contributed by atoms with Crippen LogP contribution in [0.1, 0.15) is 0 Å². The van der Waals surface area contributed by atoms with Crippen LogP contribution in [0.5, 0.6) is 0 Å². The topological polar surface area (TPSA) is 40.5 Å². The van der Waals surface area contributed by atoms with Crippen LogP contribution >= 0.6 is 35.6 Å². The largest absolute Gasteiger partial charge is 0.489 e. The molecule has 0 aliphatic rings. The summed E-state index contributed by atoms with van der Waals surface area (Å²) in [6.07, 6.45) is 0. The summed E-state index contributed by atoms with van der Waals surface area (Å²) >= 11 is 11.4. The Balaban J connectivity index is 2.70. The predicted octanol–water partition coefficient (Wildman–Crippen LogP) is 1.52. The van der Waals surface area contributed by atoms with E-state index in [9.17, 15) is 0 Å². The zero-order valence-corrected chi connectivity index (χ0v) is 9.40. The molecule has 1 aromatic heterocycles. The molecule has 0 radical (unpaired) electrons. The highest BCUT2D eigenvalue weighted by atomic mass is 35.5. The van der Waals surface area contributed by atoms with Crippen molar-refractivity contribution in [3.05, 3.63) is 22.5 Å². The Kier molecular flexibility index (Phi) is 2.77. The second-order valence-corrected chi connectivity index (χ2v) is 5.07. The SMILES string of the molecule is OB(O)c1cc2sc(Cl)cc2cc1S. The standard InChI is InChI=1S/C8H6BClO2S2/c10-8-2-4-1-6(13)5(9(11)12)3-7(4)14-8/h1-3,11-13H. The van der Waals surface area contributed by atoms with E-state index in [1.54, 1.807) is 12.1 Å². The lowest BCUT2D eigenvalue weighted by atomic mass is 9.80. The number of benzene rings is 1. The van der Waals surface area contributed by atoms with Gasteiger partial charge in [-0.1, -0.05) is 11.6 Å². The number of fused-ring (bicyclic) bond motifs is 1. The molecule has 0 fully saturated rings. The molecule has 2 rings (SSSR count). The average molecular weight is 245 g/mol. The first-order valence-electron chi connectivity index (χ1n) is 3.86. The number of halogens is 1. The second-order valence-electron chi connectivity index (χ2n) is 2.87. The fraction of sp³-hybridized carbons (Fsp3) is 0. The van der Waals surface area contributed by atoms with E-state index in [-0.39, 0.29) is 0 Å². The van der Waals surface area contributed by atoms with Gasteiger partial charge in [-0.25, -0.2) is 0 Å². The Morgan fingerprint density at radius 2 is 2.00 bits per heavy atom. The summed E-state index contributed by atoms with van der Waals surface area (Å²) in [6.45, 7) is 0. The Bertz CT molecular complexity index is 483. The quantitative estimate of drug-likeness (QED) is 0.526. The van der Waals surface area contributed by atoms with Gasteiger partial charge in [0.2, 0.25) is 0 Å². The summed E-state index contributed by atoms with van der Waals surface area (Å²) in [7, 11) is -1.49. The van der Waals surface area contributed by atoms with Gasteiger partial charge in [-0.2, -0.15) is 0 Å². The lowest BCUT2D eigenvalue weighted by molar-refractivity contribution is 0.425. The van der Waals surface area contributed by atoms with Crippen molar-refractivity contribution in [2.45, 2.75) is 4.90 Å². The van der Waals surface area contributed by atoms with E-state index in [1.165, 1.54) is 11.3 Å². The van der Waals surface area contributed by atoms with E-state index in [0.29, 0.717) is 14.7 Å². The van der Waals surface area contributed by atoms with Crippen molar-refractivity contribution in [1.29, 1.82) is 0 Å². The van der Waals surface area contributed by atoms with Gasteiger partial charge in [-0.05, 0) is 29.0 Å². The maximum absolute atomic E-state index is 9.05. The van der Waals surface area contributed by atoms with Crippen LogP contribution in [0.25, 0.3) is 10.1 Å². The van der Waals surface area contributed by atoms with Crippen molar-refractivity contribution in [1.82, 2.24) is 0 Å². The van der Waals surface area contributed by atoms with E-state index in [1.807, 2.05) is 6.07 Å². The molecule has 1 heterocycles. The van der Waals surface area contributed by atoms with Crippen LogP contribution in [0.4, 0.5) is 0 Å². The molecule has 14 heavy (non-hydrogen) atoms. The van der Waals surface area contributed by atoms with E-state index >= 15 is 0 Å². The third kappa shape index (κ3) is 1.78. The maximum Gasteiger partial charge on any atom is 0.489 e. The molecule has 0 aliphatic heterocycles. The van der Waals surface area contributed by atoms with Crippen LogP contribution in [0.2, 0.25) is 4.34 Å². The summed E-state index contributed by atoms with van der Waals surface area (Å²) in [5.41, 5.74) is 0.402. The highest BCUT2D eigenvalue weighted by Gasteiger charge is 2.16. The average Bonchev–Trinajstić information content (AvgIpc) is 2.42. The Morgan fingerprint density at radius 1 is 1.29 bits per heavy atom. The molecule has 6 heteroatoms. The highest BCUT2D eigenvalue weighted by molar-refractivity contribution is 7.80. The fourth-order valence-corrected chi connectivity index (χ4v) is 2.77. The summed E-state index contributed by atoms with van der Waals surface area (Å²) in [5.74, 6) is 0. The molecule has 72 valence electrons. The molecule has 0 atom stereocenters. The van der Waals surface area contributed by atoms with Crippen molar-refractivity contribution in [2.75, 3.05) is 0 Å². The van der Waals surface area contributed by atoms with Crippen molar-refractivity contribution < 1.29 is 10.0 Å². The summed E-state index contributed by atoms with van der Waals surface area (Å²) < 4.78 is 1.60. The summed E-state index contributed by atoms with van der Waals surface area (Å²) in [5, 5.41) is 19.1. The number of thiophene rings is 1. The Hall–Kier alpha value is -0.195. The highest BCUT2D eigenvalue weighted by Crippen LogP contribution is 2.29. The lowest BCUT2D eigenvalue weighted by Gasteiger charge is -2.03. The zero-order chi connectivity index (χ0) is 10.3. The molecule has 2 N–H and O–H groups in total. The van der Waals surface area contributed by atoms with Crippen molar-refractivity contribution >= 4 is 58.2 Å². The van der Waals surface area contributed by atoms with Gasteiger partial charge in [0.25, 0.3) is 0 Å². The summed E-state index contributed by atoms with van der Waals surface area (Å²) in [4.78, 5) is 0.557. The lowest BCUT2D eigenvalue weighted by Crippen LogP contribution is -2.30. The van der Waals surface area contributed by atoms with E-state index in [4.69, 9.17) is 21.6 Å². The molecule has 0 saturated carbocycles. The molecule has 0 aliphatic carbocycles. The number of rotatable bonds is 1. The van der Waals surface area contributed by atoms with Crippen LogP contribution in [-0.2, 0) is 0 Å². The molecular weight excluding hydrogens is 238 g/mol. The Labute approximate surface area is 95.7 Å². The van der Waals surface area contributed by atoms with Crippen LogP contribution in [0.15, 0.2) is 23.1 Å². The molecule has 0 amide bonds. The first-order chi connectivity index (χ1) is 6.58. The van der Waals surface area contributed by atoms with Gasteiger partial charge in [0.1, 0.15) is 0 Å². The van der Waals surface area contributed by atoms with Gasteiger partial charge in [0.15, 0.2) is 0 Å². The van der Waals surface area contributed by atoms with E-state index in [0.717, 1.165) is 10.1 Å². The molecular formula is C8H6BClO2S2. The minimum Gasteiger partial charge on any atom is -0.423 e. The maximum atomic E-state index is 9.05. The van der Waals surface area contributed by atoms with Crippen molar-refractivity contribution in [3.63, 3.8) is 0 Å². The number of hydrogen-bond donors (Lipinski definition) is 3. The number of thiol groups is 1. The van der Waals surface area contributed by atoms with Crippen molar-refractivity contribution in [2.24, 2.45) is 0 Å². The zero-order valence-electron chi connectivity index (χ0n) is 6.94. The Morgan fingerprint density at radius 3 is 2.64 bits per heavy atom. The van der Waals surface area contributed by atoms with E-state index in [2.05, 4.69) is 12.6 Å².